The van der Waals surface area contributed by atoms with Crippen LogP contribution in [0.25, 0.3) is 0 Å². The summed E-state index contributed by atoms with van der Waals surface area (Å²) in [4.78, 5) is 111. The van der Waals surface area contributed by atoms with Crippen LogP contribution in [0.2, 0.25) is 0 Å². The van der Waals surface area contributed by atoms with Crippen molar-refractivity contribution in [3.8, 4) is 0 Å². The second-order valence-corrected chi connectivity index (χ2v) is 25.5. The van der Waals surface area contributed by atoms with Gasteiger partial charge in [-0.1, -0.05) is 150 Å². The van der Waals surface area contributed by atoms with Crippen molar-refractivity contribution < 1.29 is 62.8 Å². The third-order valence-corrected chi connectivity index (χ3v) is 16.7. The van der Waals surface area contributed by atoms with E-state index in [0.717, 1.165) is 38.9 Å². The predicted molar refractivity (Wildman–Crippen MR) is 348 cm³/mol. The summed E-state index contributed by atoms with van der Waals surface area (Å²) in [6, 6.07) is 32.8. The fourth-order valence-electron chi connectivity index (χ4n) is 8.39. The van der Waals surface area contributed by atoms with Gasteiger partial charge in [-0.2, -0.15) is 35.3 Å². The first-order valence-corrected chi connectivity index (χ1v) is 32.9. The minimum Gasteiger partial charge on any atom is -0.459 e. The second kappa shape index (κ2) is 38.1. The molecule has 7 amide bonds. The average molecular weight is 1280 g/mol. The molecule has 0 aromatic heterocycles. The number of unbranched alkanes of at least 4 members (excludes halogenated alkanes) is 1. The van der Waals surface area contributed by atoms with Crippen LogP contribution in [0.5, 0.6) is 0 Å². The van der Waals surface area contributed by atoms with Crippen LogP contribution >= 0.6 is 35.3 Å². The molecular weight excluding hydrogens is 1190 g/mol. The van der Waals surface area contributed by atoms with Crippen molar-refractivity contribution >= 4 is 83.0 Å². The highest BCUT2D eigenvalue weighted by molar-refractivity contribution is 7.99. The molecular formula is C66H85N7O13S3. The number of aliphatic hydroxyl groups is 2. The number of hydrogen-bond donors (Lipinski definition) is 9. The van der Waals surface area contributed by atoms with E-state index in [1.807, 2.05) is 130 Å². The quantitative estimate of drug-likeness (QED) is 0.0110. The number of rotatable bonds is 35. The van der Waals surface area contributed by atoms with Crippen LogP contribution in [0.4, 0.5) is 9.59 Å². The summed E-state index contributed by atoms with van der Waals surface area (Å²) >= 11 is 4.00. The fourth-order valence-corrected chi connectivity index (χ4v) is 11.4. The topological polar surface area (TPSA) is 289 Å². The van der Waals surface area contributed by atoms with Crippen molar-refractivity contribution in [2.24, 2.45) is 0 Å². The van der Waals surface area contributed by atoms with Gasteiger partial charge in [-0.25, -0.2) is 14.4 Å². The molecule has 0 saturated carbocycles. The van der Waals surface area contributed by atoms with Crippen LogP contribution in [0.3, 0.4) is 0 Å². The van der Waals surface area contributed by atoms with Gasteiger partial charge in [0.2, 0.25) is 29.5 Å². The third kappa shape index (κ3) is 27.8. The van der Waals surface area contributed by atoms with E-state index in [9.17, 15) is 48.6 Å². The monoisotopic (exact) mass is 1280 g/mol. The SMILES string of the molecule is Cc1ccc(CSC[C@H](NC(=O)OC(C)(C)C)C(=O)N[C@@H](CCCCNC(=O)OCc2ccccc2)C(=O)N[C@@H](CSCc2ccc(C)cc2)C(=O)N[C@H](C(=O)N[C@@H](CO)C(=O)N[C@@H](CSCc2ccc(C)cc2)C(=O)OCc2ccccc2)[C@@H](C)O)cc1. The van der Waals surface area contributed by atoms with Gasteiger partial charge in [-0.15, -0.1) is 0 Å². The standard InChI is InChI=1S/C66H85N7O13S3/c1-43-21-27-49(28-22-43)37-87-40-54(61(79)73-57(46(4)75)62(80)69-53(34-74)59(77)71-56(42-89-39-51-31-25-45(3)26-32-51)63(81)84-35-47-16-10-8-11-17-47)70-58(76)52(20-14-15-33-67-64(82)85-36-48-18-12-9-13-19-48)68-60(78)55(72-65(83)86-66(5,6)7)41-88-38-50-29-23-44(2)24-30-50/h8-13,16-19,21-32,46,52-57,74-75H,14-15,20,33-42H2,1-7H3,(H,67,82)(H,68,78)(H,69,80)(H,70,76)(H,71,77)(H,72,83)(H,73,79)/t46-,52+,53+,54+,55+,56+,57+/m1/s1. The van der Waals surface area contributed by atoms with Crippen LogP contribution in [0.1, 0.15) is 91.5 Å². The zero-order valence-electron chi connectivity index (χ0n) is 51.5. The van der Waals surface area contributed by atoms with Gasteiger partial charge < -0.3 is 61.6 Å². The van der Waals surface area contributed by atoms with Gasteiger partial charge in [0.25, 0.3) is 0 Å². The van der Waals surface area contributed by atoms with Crippen LogP contribution in [0, 0.1) is 20.8 Å². The lowest BCUT2D eigenvalue weighted by atomic mass is 10.1. The summed E-state index contributed by atoms with van der Waals surface area (Å²) in [5, 5.41) is 40.1. The van der Waals surface area contributed by atoms with Crippen molar-refractivity contribution in [2.45, 2.75) is 146 Å². The van der Waals surface area contributed by atoms with Gasteiger partial charge >= 0.3 is 18.2 Å². The van der Waals surface area contributed by atoms with Gasteiger partial charge in [0.15, 0.2) is 0 Å². The molecule has 0 aliphatic rings. The molecule has 0 spiro atoms. The Bertz CT molecular complexity index is 3030. The maximum Gasteiger partial charge on any atom is 0.408 e. The Balaban J connectivity index is 1.35. The number of esters is 1. The Morgan fingerprint density at radius 1 is 0.461 bits per heavy atom. The largest absolute Gasteiger partial charge is 0.459 e. The summed E-state index contributed by atoms with van der Waals surface area (Å²) in [7, 11) is 0. The summed E-state index contributed by atoms with van der Waals surface area (Å²) < 4.78 is 16.5. The minimum absolute atomic E-state index is 0.0147. The van der Waals surface area contributed by atoms with E-state index in [1.54, 1.807) is 45.0 Å². The molecule has 0 heterocycles. The molecule has 5 rings (SSSR count). The molecule has 20 nitrogen and oxygen atoms in total. The molecule has 480 valence electrons. The van der Waals surface area contributed by atoms with E-state index in [2.05, 4.69) is 37.2 Å². The number of aryl methyl sites for hydroxylation is 3. The molecule has 9 N–H and O–H groups in total. The number of alkyl carbamates (subject to hydrolysis) is 2. The lowest BCUT2D eigenvalue weighted by Crippen LogP contribution is -2.62. The molecule has 0 bridgehead atoms. The number of thioether (sulfide) groups is 3. The van der Waals surface area contributed by atoms with Crippen molar-refractivity contribution in [3.63, 3.8) is 0 Å². The molecule has 0 unspecified atom stereocenters. The third-order valence-electron chi connectivity index (χ3n) is 13.4. The first-order valence-electron chi connectivity index (χ1n) is 29.4. The highest BCUT2D eigenvalue weighted by Crippen LogP contribution is 2.19. The van der Waals surface area contributed by atoms with Crippen LogP contribution < -0.4 is 37.2 Å². The van der Waals surface area contributed by atoms with Gasteiger partial charge in [0.05, 0.1) is 12.7 Å². The Kier molecular flexibility index (Phi) is 30.9. The first kappa shape index (κ1) is 72.2. The number of ether oxygens (including phenoxy) is 3. The molecule has 7 atom stereocenters. The molecule has 0 aliphatic heterocycles. The molecule has 0 aliphatic carbocycles. The predicted octanol–water partition coefficient (Wildman–Crippen LogP) is 7.24. The van der Waals surface area contributed by atoms with Crippen molar-refractivity contribution in [3.05, 3.63) is 178 Å². The summed E-state index contributed by atoms with van der Waals surface area (Å²) in [5.74, 6) is -3.84. The summed E-state index contributed by atoms with van der Waals surface area (Å²) in [6.45, 7) is 11.3. The molecule has 23 heteroatoms. The maximum absolute atomic E-state index is 14.8. The van der Waals surface area contributed by atoms with E-state index < -0.39 is 102 Å². The van der Waals surface area contributed by atoms with E-state index >= 15 is 0 Å². The average Bonchev–Trinajstić information content (AvgIpc) is 2.51. The molecule has 0 radical (unpaired) electrons. The zero-order chi connectivity index (χ0) is 64.7. The fraction of sp³-hybridized carbons (Fsp3) is 0.424. The van der Waals surface area contributed by atoms with Crippen molar-refractivity contribution in [1.29, 1.82) is 0 Å². The molecule has 0 fully saturated rings. The van der Waals surface area contributed by atoms with Gasteiger partial charge in [-0.3, -0.25) is 24.0 Å². The number of carbonyl (C=O) groups is 8. The number of amides is 7. The molecule has 5 aromatic carbocycles. The Labute approximate surface area is 534 Å². The number of carbonyl (C=O) groups excluding carboxylic acids is 8. The van der Waals surface area contributed by atoms with Crippen LogP contribution in [0.15, 0.2) is 133 Å². The maximum atomic E-state index is 14.8. The summed E-state index contributed by atoms with van der Waals surface area (Å²) in [6.07, 6.45) is -2.56. The van der Waals surface area contributed by atoms with Crippen molar-refractivity contribution in [1.82, 2.24) is 37.2 Å². The van der Waals surface area contributed by atoms with Crippen LogP contribution in [-0.4, -0.2) is 136 Å². The molecule has 5 aromatic rings. The highest BCUT2D eigenvalue weighted by atomic mass is 32.2. The number of aliphatic hydroxyl groups excluding tert-OH is 2. The number of nitrogens with one attached hydrogen (secondary N) is 7. The normalized spacial score (nSPS) is 13.5. The van der Waals surface area contributed by atoms with Gasteiger partial charge in [0, 0.05) is 41.1 Å². The highest BCUT2D eigenvalue weighted by Gasteiger charge is 2.36. The minimum atomic E-state index is -1.76. The lowest BCUT2D eigenvalue weighted by molar-refractivity contribution is -0.148. The second-order valence-electron chi connectivity index (χ2n) is 22.4. The van der Waals surface area contributed by atoms with E-state index in [0.29, 0.717) is 29.2 Å². The Morgan fingerprint density at radius 2 is 0.865 bits per heavy atom. The molecule has 0 saturated heterocycles. The molecule has 89 heavy (non-hydrogen) atoms. The zero-order valence-corrected chi connectivity index (χ0v) is 54.0. The van der Waals surface area contributed by atoms with E-state index in [1.165, 1.54) is 42.2 Å². The number of hydrogen-bond acceptors (Lipinski definition) is 16. The first-order chi connectivity index (χ1) is 42.5. The van der Waals surface area contributed by atoms with Crippen LogP contribution in [-0.2, 0) is 73.5 Å². The van der Waals surface area contributed by atoms with Gasteiger partial charge in [0.1, 0.15) is 55.1 Å². The number of benzene rings is 5. The van der Waals surface area contributed by atoms with Gasteiger partial charge in [-0.05, 0) is 95.5 Å². The Morgan fingerprint density at radius 3 is 1.34 bits per heavy atom. The lowest BCUT2D eigenvalue weighted by Gasteiger charge is -2.28. The van der Waals surface area contributed by atoms with E-state index in [-0.39, 0.29) is 49.9 Å². The van der Waals surface area contributed by atoms with Crippen molar-refractivity contribution in [2.75, 3.05) is 30.4 Å². The Hall–Kier alpha value is -7.57. The summed E-state index contributed by atoms with van der Waals surface area (Å²) in [5.41, 5.74) is 6.63. The van der Waals surface area contributed by atoms with E-state index in [4.69, 9.17) is 14.2 Å². The smallest absolute Gasteiger partial charge is 0.408 e.